The molecule has 0 aliphatic carbocycles. The third-order valence-electron chi connectivity index (χ3n) is 3.97. The predicted octanol–water partition coefficient (Wildman–Crippen LogP) is 2.15. The first-order chi connectivity index (χ1) is 10.1. The number of nitrogens with two attached hydrogens (primary N) is 1. The fourth-order valence-corrected chi connectivity index (χ4v) is 3.51. The van der Waals surface area contributed by atoms with Gasteiger partial charge in [-0.25, -0.2) is 4.79 Å². The molecule has 6 heteroatoms. The summed E-state index contributed by atoms with van der Waals surface area (Å²) in [6.07, 6.45) is 2.28. The number of likely N-dealkylation sites (tertiary alicyclic amines) is 1. The number of nitrogens with zero attached hydrogens (tertiary/aromatic N) is 1. The van der Waals surface area contributed by atoms with Gasteiger partial charge in [-0.3, -0.25) is 4.79 Å². The van der Waals surface area contributed by atoms with E-state index in [1.807, 2.05) is 5.38 Å². The molecule has 1 aromatic rings. The van der Waals surface area contributed by atoms with Gasteiger partial charge >= 0.3 is 6.03 Å². The summed E-state index contributed by atoms with van der Waals surface area (Å²) in [5.41, 5.74) is 6.50. The highest BCUT2D eigenvalue weighted by Gasteiger charge is 2.24. The Labute approximate surface area is 129 Å². The van der Waals surface area contributed by atoms with E-state index in [2.05, 4.69) is 23.7 Å². The average Bonchev–Trinajstić information content (AvgIpc) is 2.98. The number of primary amides is 1. The normalized spacial score (nSPS) is 20.0. The van der Waals surface area contributed by atoms with Crippen molar-refractivity contribution in [2.75, 3.05) is 19.6 Å². The van der Waals surface area contributed by atoms with Crippen molar-refractivity contribution in [1.29, 1.82) is 0 Å². The van der Waals surface area contributed by atoms with Gasteiger partial charge in [-0.2, -0.15) is 11.3 Å². The second-order valence-corrected chi connectivity index (χ2v) is 6.55. The Morgan fingerprint density at radius 3 is 3.05 bits per heavy atom. The molecule has 0 spiro atoms. The SMILES string of the molecule is C[C@@H](CNC(=O)N1CCC[C@H](CC(N)=O)C1)c1ccsc1. The van der Waals surface area contributed by atoms with Crippen molar-refractivity contribution in [3.05, 3.63) is 22.4 Å². The molecule has 21 heavy (non-hydrogen) atoms. The molecule has 3 amide bonds. The molecule has 116 valence electrons. The lowest BCUT2D eigenvalue weighted by molar-refractivity contribution is -0.119. The number of nitrogens with one attached hydrogen (secondary N) is 1. The molecular weight excluding hydrogens is 286 g/mol. The molecule has 3 N–H and O–H groups in total. The topological polar surface area (TPSA) is 75.4 Å². The Hall–Kier alpha value is -1.56. The fourth-order valence-electron chi connectivity index (χ4n) is 2.73. The zero-order chi connectivity index (χ0) is 15.2. The van der Waals surface area contributed by atoms with Crippen LogP contribution in [0.3, 0.4) is 0 Å². The monoisotopic (exact) mass is 309 g/mol. The maximum atomic E-state index is 12.2. The van der Waals surface area contributed by atoms with E-state index in [0.29, 0.717) is 25.4 Å². The van der Waals surface area contributed by atoms with Gasteiger partial charge in [0.1, 0.15) is 0 Å². The quantitative estimate of drug-likeness (QED) is 0.874. The van der Waals surface area contributed by atoms with Gasteiger partial charge < -0.3 is 16.0 Å². The van der Waals surface area contributed by atoms with Gasteiger partial charge in [-0.1, -0.05) is 6.92 Å². The summed E-state index contributed by atoms with van der Waals surface area (Å²) >= 11 is 1.67. The predicted molar refractivity (Wildman–Crippen MR) is 84.2 cm³/mol. The Balaban J connectivity index is 1.78. The van der Waals surface area contributed by atoms with E-state index in [4.69, 9.17) is 5.73 Å². The van der Waals surface area contributed by atoms with Crippen LogP contribution in [0, 0.1) is 5.92 Å². The number of thiophene rings is 1. The summed E-state index contributed by atoms with van der Waals surface area (Å²) in [5.74, 6) is 0.232. The number of carbonyl (C=O) groups excluding carboxylic acids is 2. The number of piperidine rings is 1. The number of amides is 3. The summed E-state index contributed by atoms with van der Waals surface area (Å²) in [6, 6.07) is 2.05. The molecular formula is C15H23N3O2S. The molecule has 0 unspecified atom stereocenters. The molecule has 0 aromatic carbocycles. The van der Waals surface area contributed by atoms with Crippen molar-refractivity contribution in [3.8, 4) is 0 Å². The lowest BCUT2D eigenvalue weighted by atomic mass is 9.95. The van der Waals surface area contributed by atoms with Crippen LogP contribution in [0.5, 0.6) is 0 Å². The average molecular weight is 309 g/mol. The van der Waals surface area contributed by atoms with Crippen LogP contribution in [0.1, 0.15) is 37.7 Å². The third-order valence-corrected chi connectivity index (χ3v) is 4.67. The first kappa shape index (κ1) is 15.8. The summed E-state index contributed by atoms with van der Waals surface area (Å²) in [4.78, 5) is 25.0. The van der Waals surface area contributed by atoms with Crippen LogP contribution in [-0.2, 0) is 4.79 Å². The van der Waals surface area contributed by atoms with Crippen LogP contribution in [0.15, 0.2) is 16.8 Å². The molecule has 1 aliphatic rings. The van der Waals surface area contributed by atoms with E-state index in [1.54, 1.807) is 16.2 Å². The van der Waals surface area contributed by atoms with Crippen molar-refractivity contribution in [3.63, 3.8) is 0 Å². The second kappa shape index (κ2) is 7.45. The summed E-state index contributed by atoms with van der Waals surface area (Å²) < 4.78 is 0. The van der Waals surface area contributed by atoms with Gasteiger partial charge in [-0.05, 0) is 47.1 Å². The second-order valence-electron chi connectivity index (χ2n) is 5.77. The standard InChI is InChI=1S/C15H23N3O2S/c1-11(13-4-6-21-10-13)8-17-15(20)18-5-2-3-12(9-18)7-14(16)19/h4,6,10-12H,2-3,5,7-9H2,1H3,(H2,16,19)(H,17,20)/t11-,12+/m0/s1. The molecule has 1 aliphatic heterocycles. The highest BCUT2D eigenvalue weighted by atomic mass is 32.1. The lowest BCUT2D eigenvalue weighted by Crippen LogP contribution is -2.46. The number of hydrogen-bond donors (Lipinski definition) is 2. The van der Waals surface area contributed by atoms with Crippen LogP contribution < -0.4 is 11.1 Å². The highest BCUT2D eigenvalue weighted by molar-refractivity contribution is 7.07. The Bertz CT molecular complexity index is 475. The van der Waals surface area contributed by atoms with E-state index in [-0.39, 0.29) is 17.9 Å². The summed E-state index contributed by atoms with van der Waals surface area (Å²) in [7, 11) is 0. The van der Waals surface area contributed by atoms with Crippen LogP contribution in [-0.4, -0.2) is 36.5 Å². The van der Waals surface area contributed by atoms with Crippen molar-refractivity contribution in [1.82, 2.24) is 10.2 Å². The van der Waals surface area contributed by atoms with Crippen LogP contribution in [0.2, 0.25) is 0 Å². The van der Waals surface area contributed by atoms with E-state index < -0.39 is 0 Å². The fraction of sp³-hybridized carbons (Fsp3) is 0.600. The van der Waals surface area contributed by atoms with Crippen molar-refractivity contribution in [2.45, 2.75) is 32.1 Å². The van der Waals surface area contributed by atoms with Gasteiger partial charge in [-0.15, -0.1) is 0 Å². The molecule has 0 bridgehead atoms. The van der Waals surface area contributed by atoms with E-state index in [1.165, 1.54) is 5.56 Å². The van der Waals surface area contributed by atoms with Crippen molar-refractivity contribution < 1.29 is 9.59 Å². The molecule has 2 heterocycles. The van der Waals surface area contributed by atoms with Gasteiger partial charge in [0.05, 0.1) is 0 Å². The number of rotatable bonds is 5. The first-order valence-corrected chi connectivity index (χ1v) is 8.33. The smallest absolute Gasteiger partial charge is 0.317 e. The summed E-state index contributed by atoms with van der Waals surface area (Å²) in [5, 5.41) is 7.15. The molecule has 2 atom stereocenters. The van der Waals surface area contributed by atoms with Gasteiger partial charge in [0, 0.05) is 26.1 Å². The number of urea groups is 1. The van der Waals surface area contributed by atoms with Gasteiger partial charge in [0.25, 0.3) is 0 Å². The minimum absolute atomic E-state index is 0.0359. The van der Waals surface area contributed by atoms with Crippen LogP contribution >= 0.6 is 11.3 Å². The Morgan fingerprint density at radius 1 is 1.57 bits per heavy atom. The molecule has 0 radical (unpaired) electrons. The minimum atomic E-state index is -0.284. The molecule has 1 aromatic heterocycles. The molecule has 1 fully saturated rings. The highest BCUT2D eigenvalue weighted by Crippen LogP contribution is 2.20. The van der Waals surface area contributed by atoms with Crippen LogP contribution in [0.25, 0.3) is 0 Å². The third kappa shape index (κ3) is 4.74. The maximum absolute atomic E-state index is 12.2. The molecule has 2 rings (SSSR count). The van der Waals surface area contributed by atoms with E-state index in [0.717, 1.165) is 19.4 Å². The Morgan fingerprint density at radius 2 is 2.38 bits per heavy atom. The van der Waals surface area contributed by atoms with Crippen molar-refractivity contribution in [2.24, 2.45) is 11.7 Å². The zero-order valence-electron chi connectivity index (χ0n) is 12.4. The number of hydrogen-bond acceptors (Lipinski definition) is 3. The zero-order valence-corrected chi connectivity index (χ0v) is 13.2. The van der Waals surface area contributed by atoms with Crippen LogP contribution in [0.4, 0.5) is 4.79 Å². The Kier molecular flexibility index (Phi) is 5.61. The maximum Gasteiger partial charge on any atom is 0.317 e. The van der Waals surface area contributed by atoms with Gasteiger partial charge in [0.2, 0.25) is 5.91 Å². The largest absolute Gasteiger partial charge is 0.370 e. The van der Waals surface area contributed by atoms with Gasteiger partial charge in [0.15, 0.2) is 0 Å². The minimum Gasteiger partial charge on any atom is -0.370 e. The van der Waals surface area contributed by atoms with E-state index in [9.17, 15) is 9.59 Å². The number of carbonyl (C=O) groups is 2. The lowest BCUT2D eigenvalue weighted by Gasteiger charge is -2.32. The molecule has 0 saturated carbocycles. The van der Waals surface area contributed by atoms with Crippen molar-refractivity contribution >= 4 is 23.3 Å². The summed E-state index contributed by atoms with van der Waals surface area (Å²) in [6.45, 7) is 4.12. The molecule has 1 saturated heterocycles. The van der Waals surface area contributed by atoms with E-state index >= 15 is 0 Å². The first-order valence-electron chi connectivity index (χ1n) is 7.39. The molecule has 5 nitrogen and oxygen atoms in total.